The fourth-order valence-corrected chi connectivity index (χ4v) is 2.06. The lowest BCUT2D eigenvalue weighted by Crippen LogP contribution is -2.28. The minimum atomic E-state index is 0.747. The van der Waals surface area contributed by atoms with Gasteiger partial charge in [-0.05, 0) is 33.0 Å². The zero-order chi connectivity index (χ0) is 14.3. The van der Waals surface area contributed by atoms with Crippen LogP contribution in [0.4, 0.5) is 5.69 Å². The van der Waals surface area contributed by atoms with E-state index in [-0.39, 0.29) is 0 Å². The molecule has 108 valence electrons. The van der Waals surface area contributed by atoms with E-state index in [2.05, 4.69) is 58.3 Å². The molecule has 0 fully saturated rings. The molecule has 1 aromatic carbocycles. The molecular weight excluding hydrogens is 270 g/mol. The summed E-state index contributed by atoms with van der Waals surface area (Å²) in [7, 11) is 0. The molecule has 2 aromatic heterocycles. The highest BCUT2D eigenvalue weighted by atomic mass is 15.5. The summed E-state index contributed by atoms with van der Waals surface area (Å²) < 4.78 is 0. The number of para-hydroxylation sites is 1. The quantitative estimate of drug-likeness (QED) is 0.628. The summed E-state index contributed by atoms with van der Waals surface area (Å²) in [6.45, 7) is 1.62. The summed E-state index contributed by atoms with van der Waals surface area (Å²) in [4.78, 5) is 2.26. The molecule has 0 saturated carbocycles. The van der Waals surface area contributed by atoms with Crippen molar-refractivity contribution in [3.63, 3.8) is 0 Å². The number of benzene rings is 1. The third kappa shape index (κ3) is 3.59. The summed E-state index contributed by atoms with van der Waals surface area (Å²) >= 11 is 0. The molecule has 0 amide bonds. The summed E-state index contributed by atoms with van der Waals surface area (Å²) in [5, 5.41) is 27.7. The third-order valence-corrected chi connectivity index (χ3v) is 3.14. The maximum Gasteiger partial charge on any atom is 0.150 e. The number of H-pyrrole nitrogens is 2. The Bertz CT molecular complexity index is 582. The zero-order valence-electron chi connectivity index (χ0n) is 11.3. The van der Waals surface area contributed by atoms with E-state index in [1.807, 2.05) is 18.2 Å². The van der Waals surface area contributed by atoms with E-state index in [1.165, 1.54) is 0 Å². The Morgan fingerprint density at radius 1 is 0.810 bits per heavy atom. The van der Waals surface area contributed by atoms with Crippen LogP contribution in [0.2, 0.25) is 0 Å². The van der Waals surface area contributed by atoms with Crippen LogP contribution >= 0.6 is 0 Å². The highest BCUT2D eigenvalue weighted by molar-refractivity contribution is 5.46. The summed E-state index contributed by atoms with van der Waals surface area (Å²) in [6.07, 6.45) is 1.49. The Morgan fingerprint density at radius 2 is 1.38 bits per heavy atom. The third-order valence-electron chi connectivity index (χ3n) is 3.14. The molecule has 3 aromatic rings. The molecule has 21 heavy (non-hydrogen) atoms. The number of anilines is 1. The van der Waals surface area contributed by atoms with Crippen molar-refractivity contribution in [2.45, 2.75) is 12.8 Å². The Kier molecular flexibility index (Phi) is 4.10. The normalized spacial score (nSPS) is 10.7. The molecule has 3 rings (SSSR count). The van der Waals surface area contributed by atoms with Gasteiger partial charge in [-0.15, -0.1) is 10.2 Å². The molecule has 0 aliphatic carbocycles. The monoisotopic (exact) mass is 285 g/mol. The van der Waals surface area contributed by atoms with Gasteiger partial charge in [0.05, 0.1) is 0 Å². The number of hydrogen-bond donors (Lipinski definition) is 2. The van der Waals surface area contributed by atoms with E-state index in [4.69, 9.17) is 0 Å². The average molecular weight is 285 g/mol. The second-order valence-electron chi connectivity index (χ2n) is 4.52. The van der Waals surface area contributed by atoms with Crippen molar-refractivity contribution in [1.82, 2.24) is 41.2 Å². The fourth-order valence-electron chi connectivity index (χ4n) is 2.06. The highest BCUT2D eigenvalue weighted by Gasteiger charge is 2.09. The van der Waals surface area contributed by atoms with Crippen molar-refractivity contribution in [3.05, 3.63) is 42.0 Å². The molecule has 0 saturated heterocycles. The molecule has 2 heterocycles. The number of aromatic amines is 2. The van der Waals surface area contributed by atoms with Crippen molar-refractivity contribution in [1.29, 1.82) is 0 Å². The van der Waals surface area contributed by atoms with Crippen LogP contribution in [-0.2, 0) is 12.8 Å². The average Bonchev–Trinajstić information content (AvgIpc) is 3.21. The van der Waals surface area contributed by atoms with Crippen LogP contribution in [0.25, 0.3) is 0 Å². The first-order chi connectivity index (χ1) is 10.4. The second kappa shape index (κ2) is 6.55. The maximum absolute atomic E-state index is 3.91. The number of hydrogen-bond acceptors (Lipinski definition) is 7. The predicted molar refractivity (Wildman–Crippen MR) is 74.4 cm³/mol. The van der Waals surface area contributed by atoms with Gasteiger partial charge in [0.1, 0.15) is 11.6 Å². The van der Waals surface area contributed by atoms with Crippen LogP contribution in [0.1, 0.15) is 11.6 Å². The van der Waals surface area contributed by atoms with Crippen LogP contribution in [0, 0.1) is 0 Å². The summed E-state index contributed by atoms with van der Waals surface area (Å²) in [5.41, 5.74) is 1.15. The van der Waals surface area contributed by atoms with Gasteiger partial charge in [-0.3, -0.25) is 0 Å². The van der Waals surface area contributed by atoms with Crippen LogP contribution in [0.3, 0.4) is 0 Å². The Morgan fingerprint density at radius 3 is 1.86 bits per heavy atom. The molecule has 9 heteroatoms. The molecule has 0 radical (unpaired) electrons. The van der Waals surface area contributed by atoms with Crippen molar-refractivity contribution in [2.75, 3.05) is 18.0 Å². The van der Waals surface area contributed by atoms with Crippen LogP contribution in [0.5, 0.6) is 0 Å². The van der Waals surface area contributed by atoms with E-state index in [9.17, 15) is 0 Å². The molecule has 0 bridgehead atoms. The molecule has 0 atom stereocenters. The largest absolute Gasteiger partial charge is 0.371 e. The van der Waals surface area contributed by atoms with E-state index >= 15 is 0 Å². The van der Waals surface area contributed by atoms with E-state index in [0.717, 1.165) is 43.3 Å². The van der Waals surface area contributed by atoms with Crippen LogP contribution in [-0.4, -0.2) is 54.3 Å². The van der Waals surface area contributed by atoms with Crippen LogP contribution in [0.15, 0.2) is 30.3 Å². The number of nitrogens with one attached hydrogen (secondary N) is 2. The zero-order valence-corrected chi connectivity index (χ0v) is 11.3. The van der Waals surface area contributed by atoms with E-state index < -0.39 is 0 Å². The van der Waals surface area contributed by atoms with Crippen molar-refractivity contribution >= 4 is 5.69 Å². The number of rotatable bonds is 7. The number of nitrogens with zero attached hydrogens (tertiary/aromatic N) is 7. The van der Waals surface area contributed by atoms with Crippen LogP contribution < -0.4 is 4.90 Å². The minimum Gasteiger partial charge on any atom is -0.371 e. The van der Waals surface area contributed by atoms with Gasteiger partial charge in [-0.2, -0.15) is 0 Å². The SMILES string of the molecule is c1ccc(N(CCc2nnn[nH]2)CCc2nnn[nH]2)cc1. The first kappa shape index (κ1) is 13.2. The molecule has 2 N–H and O–H groups in total. The van der Waals surface area contributed by atoms with Crippen molar-refractivity contribution in [3.8, 4) is 0 Å². The first-order valence-corrected chi connectivity index (χ1v) is 6.67. The van der Waals surface area contributed by atoms with Gasteiger partial charge in [0.2, 0.25) is 0 Å². The van der Waals surface area contributed by atoms with E-state index in [1.54, 1.807) is 0 Å². The van der Waals surface area contributed by atoms with Gasteiger partial charge in [-0.1, -0.05) is 18.2 Å². The topological polar surface area (TPSA) is 112 Å². The molecular formula is C12H15N9. The molecule has 0 unspecified atom stereocenters. The number of aromatic nitrogens is 8. The van der Waals surface area contributed by atoms with Gasteiger partial charge in [0.25, 0.3) is 0 Å². The van der Waals surface area contributed by atoms with Gasteiger partial charge in [-0.25, -0.2) is 10.2 Å². The molecule has 9 nitrogen and oxygen atoms in total. The summed E-state index contributed by atoms with van der Waals surface area (Å²) in [6, 6.07) is 10.2. The first-order valence-electron chi connectivity index (χ1n) is 6.67. The summed E-state index contributed by atoms with van der Waals surface area (Å²) in [5.74, 6) is 1.55. The molecule has 0 aliphatic rings. The van der Waals surface area contributed by atoms with E-state index in [0.29, 0.717) is 0 Å². The molecule has 0 aliphatic heterocycles. The Hall–Kier alpha value is -2.84. The predicted octanol–water partition coefficient (Wildman–Crippen LogP) is 0.00460. The highest BCUT2D eigenvalue weighted by Crippen LogP contribution is 2.14. The second-order valence-corrected chi connectivity index (χ2v) is 4.52. The fraction of sp³-hybridized carbons (Fsp3) is 0.333. The van der Waals surface area contributed by atoms with Crippen molar-refractivity contribution in [2.24, 2.45) is 0 Å². The van der Waals surface area contributed by atoms with Crippen molar-refractivity contribution < 1.29 is 0 Å². The smallest absolute Gasteiger partial charge is 0.150 e. The molecule has 0 spiro atoms. The van der Waals surface area contributed by atoms with Gasteiger partial charge in [0, 0.05) is 31.6 Å². The van der Waals surface area contributed by atoms with Gasteiger partial charge < -0.3 is 4.90 Å². The lowest BCUT2D eigenvalue weighted by atomic mass is 10.2. The lowest BCUT2D eigenvalue weighted by Gasteiger charge is -2.23. The Labute approximate surface area is 120 Å². The standard InChI is InChI=1S/C12H15N9/c1-2-4-10(5-3-1)21(8-6-11-13-17-18-14-11)9-7-12-15-19-20-16-12/h1-5H,6-9H2,(H,13,14,17,18)(H,15,16,19,20). The number of tetrazole rings is 2. The van der Waals surface area contributed by atoms with Gasteiger partial charge in [0.15, 0.2) is 0 Å². The minimum absolute atomic E-state index is 0.747. The van der Waals surface area contributed by atoms with Gasteiger partial charge >= 0.3 is 0 Å². The Balaban J connectivity index is 1.65. The lowest BCUT2D eigenvalue weighted by molar-refractivity contribution is 0.730. The maximum atomic E-state index is 3.91.